The number of ether oxygens (including phenoxy) is 1. The second kappa shape index (κ2) is 10.3. The summed E-state index contributed by atoms with van der Waals surface area (Å²) >= 11 is 0. The van der Waals surface area contributed by atoms with Crippen LogP contribution in [0.25, 0.3) is 0 Å². The van der Waals surface area contributed by atoms with Gasteiger partial charge in [0, 0.05) is 12.2 Å². The molecule has 0 radical (unpaired) electrons. The van der Waals surface area contributed by atoms with Crippen LogP contribution in [-0.4, -0.2) is 23.9 Å². The number of anilines is 1. The minimum absolute atomic E-state index is 0.0178. The van der Waals surface area contributed by atoms with Crippen molar-refractivity contribution in [1.82, 2.24) is 4.90 Å². The quantitative estimate of drug-likeness (QED) is 0.589. The third-order valence-corrected chi connectivity index (χ3v) is 4.45. The molecule has 28 heavy (non-hydrogen) atoms. The van der Waals surface area contributed by atoms with E-state index in [0.717, 1.165) is 30.1 Å². The van der Waals surface area contributed by atoms with Gasteiger partial charge in [-0.15, -0.1) is 0 Å². The van der Waals surface area contributed by atoms with E-state index in [1.807, 2.05) is 72.8 Å². The summed E-state index contributed by atoms with van der Waals surface area (Å²) in [5.74, 6) is 0.761. The molecule has 0 fully saturated rings. The van der Waals surface area contributed by atoms with Crippen LogP contribution < -0.4 is 10.1 Å². The molecule has 0 saturated heterocycles. The fraction of sp³-hybridized carbons (Fsp3) is 0.208. The van der Waals surface area contributed by atoms with Gasteiger partial charge in [-0.25, -0.2) is 0 Å². The van der Waals surface area contributed by atoms with Gasteiger partial charge in [-0.05, 0) is 41.9 Å². The molecular formula is C24H26N2O2. The van der Waals surface area contributed by atoms with Crippen LogP contribution in [0.15, 0.2) is 84.9 Å². The molecule has 0 aromatic heterocycles. The summed E-state index contributed by atoms with van der Waals surface area (Å²) in [6.07, 6.45) is 0. The highest BCUT2D eigenvalue weighted by molar-refractivity contribution is 5.92. The van der Waals surface area contributed by atoms with Gasteiger partial charge in [-0.1, -0.05) is 67.6 Å². The summed E-state index contributed by atoms with van der Waals surface area (Å²) in [5, 5.41) is 2.96. The number of benzene rings is 3. The topological polar surface area (TPSA) is 41.6 Å². The molecule has 0 aliphatic rings. The molecule has 1 amide bonds. The monoisotopic (exact) mass is 374 g/mol. The van der Waals surface area contributed by atoms with Crippen LogP contribution in [0, 0.1) is 0 Å². The second-order valence-corrected chi connectivity index (χ2v) is 6.64. The fourth-order valence-electron chi connectivity index (χ4n) is 2.90. The summed E-state index contributed by atoms with van der Waals surface area (Å²) in [7, 11) is 0. The smallest absolute Gasteiger partial charge is 0.238 e. The first-order valence-electron chi connectivity index (χ1n) is 9.56. The average Bonchev–Trinajstić information content (AvgIpc) is 2.74. The molecule has 0 bridgehead atoms. The van der Waals surface area contributed by atoms with Gasteiger partial charge in [0.05, 0.1) is 6.54 Å². The largest absolute Gasteiger partial charge is 0.489 e. The van der Waals surface area contributed by atoms with Crippen LogP contribution >= 0.6 is 0 Å². The Hall–Kier alpha value is -3.11. The molecule has 0 saturated carbocycles. The number of likely N-dealkylation sites (N-methyl/N-ethyl adjacent to an activating group) is 1. The lowest BCUT2D eigenvalue weighted by Gasteiger charge is -2.20. The molecule has 0 heterocycles. The lowest BCUT2D eigenvalue weighted by Crippen LogP contribution is -2.32. The Kier molecular flexibility index (Phi) is 7.21. The van der Waals surface area contributed by atoms with Crippen molar-refractivity contribution in [2.75, 3.05) is 18.4 Å². The van der Waals surface area contributed by atoms with Gasteiger partial charge in [0.15, 0.2) is 0 Å². The van der Waals surface area contributed by atoms with E-state index in [-0.39, 0.29) is 5.91 Å². The zero-order chi connectivity index (χ0) is 19.6. The molecule has 0 spiro atoms. The van der Waals surface area contributed by atoms with E-state index in [2.05, 4.69) is 29.3 Å². The summed E-state index contributed by atoms with van der Waals surface area (Å²) in [4.78, 5) is 14.5. The first-order chi connectivity index (χ1) is 13.7. The van der Waals surface area contributed by atoms with Crippen molar-refractivity contribution in [2.24, 2.45) is 0 Å². The van der Waals surface area contributed by atoms with Crippen molar-refractivity contribution in [3.8, 4) is 5.75 Å². The molecule has 3 aromatic rings. The highest BCUT2D eigenvalue weighted by atomic mass is 16.5. The first kappa shape index (κ1) is 19.6. The lowest BCUT2D eigenvalue weighted by atomic mass is 10.2. The lowest BCUT2D eigenvalue weighted by molar-refractivity contribution is -0.117. The predicted octanol–water partition coefficient (Wildman–Crippen LogP) is 4.73. The third kappa shape index (κ3) is 6.25. The Morgan fingerprint density at radius 2 is 1.46 bits per heavy atom. The van der Waals surface area contributed by atoms with Crippen LogP contribution in [0.4, 0.5) is 5.69 Å². The summed E-state index contributed by atoms with van der Waals surface area (Å²) in [6, 6.07) is 27.7. The van der Waals surface area contributed by atoms with Gasteiger partial charge < -0.3 is 10.1 Å². The van der Waals surface area contributed by atoms with Crippen molar-refractivity contribution >= 4 is 11.6 Å². The Morgan fingerprint density at radius 3 is 2.07 bits per heavy atom. The van der Waals surface area contributed by atoms with E-state index in [1.54, 1.807) is 0 Å². The molecule has 0 unspecified atom stereocenters. The maximum Gasteiger partial charge on any atom is 0.238 e. The Bertz CT molecular complexity index is 849. The first-order valence-corrected chi connectivity index (χ1v) is 9.56. The summed E-state index contributed by atoms with van der Waals surface area (Å²) < 4.78 is 5.78. The van der Waals surface area contributed by atoms with Crippen molar-refractivity contribution in [1.29, 1.82) is 0 Å². The highest BCUT2D eigenvalue weighted by Crippen LogP contribution is 2.17. The van der Waals surface area contributed by atoms with E-state index >= 15 is 0 Å². The van der Waals surface area contributed by atoms with E-state index in [1.165, 1.54) is 5.56 Å². The average molecular weight is 374 g/mol. The summed E-state index contributed by atoms with van der Waals surface area (Å²) in [6.45, 7) is 4.52. The predicted molar refractivity (Wildman–Crippen MR) is 113 cm³/mol. The third-order valence-electron chi connectivity index (χ3n) is 4.45. The Labute approximate surface area is 166 Å². The normalized spacial score (nSPS) is 10.6. The zero-order valence-corrected chi connectivity index (χ0v) is 16.2. The maximum atomic E-state index is 12.4. The number of carbonyl (C=O) groups is 1. The van der Waals surface area contributed by atoms with Gasteiger partial charge in [-0.3, -0.25) is 9.69 Å². The van der Waals surface area contributed by atoms with E-state index in [4.69, 9.17) is 4.74 Å². The molecule has 0 aliphatic carbocycles. The number of carbonyl (C=O) groups excluding carboxylic acids is 1. The number of nitrogens with zero attached hydrogens (tertiary/aromatic N) is 1. The molecule has 0 aliphatic heterocycles. The highest BCUT2D eigenvalue weighted by Gasteiger charge is 2.10. The minimum atomic E-state index is -0.0178. The maximum absolute atomic E-state index is 12.4. The van der Waals surface area contributed by atoms with E-state index < -0.39 is 0 Å². The van der Waals surface area contributed by atoms with E-state index in [0.29, 0.717) is 13.2 Å². The van der Waals surface area contributed by atoms with Crippen LogP contribution in [0.2, 0.25) is 0 Å². The van der Waals surface area contributed by atoms with Gasteiger partial charge in [-0.2, -0.15) is 0 Å². The van der Waals surface area contributed by atoms with Gasteiger partial charge in [0.1, 0.15) is 12.4 Å². The molecule has 4 heteroatoms. The number of rotatable bonds is 9. The standard InChI is InChI=1S/C24H26N2O2/c1-2-26(17-20-9-5-3-6-10-20)18-24(27)25-22-13-15-23(16-14-22)28-19-21-11-7-4-8-12-21/h3-16H,2,17-19H2,1H3,(H,25,27). The Balaban J connectivity index is 1.48. The van der Waals surface area contributed by atoms with E-state index in [9.17, 15) is 4.79 Å². The van der Waals surface area contributed by atoms with Crippen LogP contribution in [0.3, 0.4) is 0 Å². The van der Waals surface area contributed by atoms with Crippen molar-refractivity contribution in [3.05, 3.63) is 96.1 Å². The minimum Gasteiger partial charge on any atom is -0.489 e. The molecule has 144 valence electrons. The van der Waals surface area contributed by atoms with Crippen LogP contribution in [-0.2, 0) is 17.9 Å². The molecular weight excluding hydrogens is 348 g/mol. The zero-order valence-electron chi connectivity index (χ0n) is 16.2. The molecule has 3 rings (SSSR count). The number of hydrogen-bond donors (Lipinski definition) is 1. The van der Waals surface area contributed by atoms with Gasteiger partial charge >= 0.3 is 0 Å². The second-order valence-electron chi connectivity index (χ2n) is 6.64. The molecule has 0 atom stereocenters. The number of hydrogen-bond acceptors (Lipinski definition) is 3. The van der Waals surface area contributed by atoms with Crippen molar-refractivity contribution < 1.29 is 9.53 Å². The van der Waals surface area contributed by atoms with Crippen molar-refractivity contribution in [3.63, 3.8) is 0 Å². The summed E-state index contributed by atoms with van der Waals surface area (Å²) in [5.41, 5.74) is 3.10. The van der Waals surface area contributed by atoms with Gasteiger partial charge in [0.25, 0.3) is 0 Å². The fourth-order valence-corrected chi connectivity index (χ4v) is 2.90. The Morgan fingerprint density at radius 1 is 0.857 bits per heavy atom. The number of nitrogens with one attached hydrogen (secondary N) is 1. The van der Waals surface area contributed by atoms with Crippen LogP contribution in [0.5, 0.6) is 5.75 Å². The SMILES string of the molecule is CCN(CC(=O)Nc1ccc(OCc2ccccc2)cc1)Cc1ccccc1. The number of amides is 1. The molecule has 3 aromatic carbocycles. The van der Waals surface area contributed by atoms with Gasteiger partial charge in [0.2, 0.25) is 5.91 Å². The van der Waals surface area contributed by atoms with Crippen molar-refractivity contribution in [2.45, 2.75) is 20.1 Å². The molecule has 4 nitrogen and oxygen atoms in total. The van der Waals surface area contributed by atoms with Crippen LogP contribution in [0.1, 0.15) is 18.1 Å². The molecule has 1 N–H and O–H groups in total.